The van der Waals surface area contributed by atoms with Crippen molar-refractivity contribution in [2.24, 2.45) is 0 Å². The van der Waals surface area contributed by atoms with Gasteiger partial charge in [-0.25, -0.2) is 8.42 Å². The van der Waals surface area contributed by atoms with Crippen LogP contribution in [0, 0.1) is 0 Å². The summed E-state index contributed by atoms with van der Waals surface area (Å²) < 4.78 is 22.3. The Bertz CT molecular complexity index is 594. The molecule has 0 aliphatic carbocycles. The van der Waals surface area contributed by atoms with Gasteiger partial charge in [-0.15, -0.1) is 0 Å². The molecule has 0 saturated carbocycles. The average Bonchev–Trinajstić information content (AvgIpc) is 2.26. The van der Waals surface area contributed by atoms with E-state index in [1.807, 2.05) is 0 Å². The fourth-order valence-electron chi connectivity index (χ4n) is 1.45. The number of rotatable bonds is 5. The molecular weight excluding hydrogens is 270 g/mol. The molecule has 0 heterocycles. The Morgan fingerprint density at radius 1 is 1.37 bits per heavy atom. The summed E-state index contributed by atoms with van der Waals surface area (Å²) in [5, 5.41) is 11.0. The van der Waals surface area contributed by atoms with E-state index in [1.54, 1.807) is 12.1 Å². The van der Waals surface area contributed by atoms with E-state index in [0.717, 1.165) is 6.26 Å². The third-order valence-electron chi connectivity index (χ3n) is 2.34. The number of hydrogen-bond donors (Lipinski definition) is 2. The van der Waals surface area contributed by atoms with Crippen molar-refractivity contribution in [3.63, 3.8) is 0 Å². The molecular formula is C12H15NO5S. The van der Waals surface area contributed by atoms with Crippen LogP contribution >= 0.6 is 0 Å². The molecule has 0 spiro atoms. The second kappa shape index (κ2) is 5.83. The maximum absolute atomic E-state index is 11.8. The van der Waals surface area contributed by atoms with E-state index in [-0.39, 0.29) is 11.3 Å². The van der Waals surface area contributed by atoms with Crippen molar-refractivity contribution in [2.75, 3.05) is 6.26 Å². The normalized spacial score (nSPS) is 12.7. The monoisotopic (exact) mass is 285 g/mol. The molecule has 0 aliphatic rings. The SMILES string of the molecule is CC(NC(=O)c1cccc(CS(C)(=O)=O)c1)C(=O)O. The van der Waals surface area contributed by atoms with Crippen LogP contribution in [0.5, 0.6) is 0 Å². The van der Waals surface area contributed by atoms with Crippen LogP contribution in [0.3, 0.4) is 0 Å². The maximum Gasteiger partial charge on any atom is 0.325 e. The van der Waals surface area contributed by atoms with Crippen LogP contribution in [-0.2, 0) is 20.4 Å². The van der Waals surface area contributed by atoms with Crippen LogP contribution in [0.2, 0.25) is 0 Å². The highest BCUT2D eigenvalue weighted by Crippen LogP contribution is 2.09. The van der Waals surface area contributed by atoms with Crippen molar-refractivity contribution in [1.29, 1.82) is 0 Å². The predicted molar refractivity (Wildman–Crippen MR) is 69.6 cm³/mol. The summed E-state index contributed by atoms with van der Waals surface area (Å²) in [6.07, 6.45) is 1.10. The van der Waals surface area contributed by atoms with E-state index in [0.29, 0.717) is 5.56 Å². The molecule has 104 valence electrons. The highest BCUT2D eigenvalue weighted by Gasteiger charge is 2.15. The molecule has 1 amide bonds. The molecule has 1 aromatic carbocycles. The first-order valence-electron chi connectivity index (χ1n) is 5.49. The lowest BCUT2D eigenvalue weighted by molar-refractivity contribution is -0.138. The van der Waals surface area contributed by atoms with Gasteiger partial charge in [0, 0.05) is 11.8 Å². The van der Waals surface area contributed by atoms with Gasteiger partial charge in [-0.3, -0.25) is 9.59 Å². The zero-order chi connectivity index (χ0) is 14.6. The number of aliphatic carboxylic acids is 1. The van der Waals surface area contributed by atoms with Crippen LogP contribution < -0.4 is 5.32 Å². The molecule has 1 aromatic rings. The number of amides is 1. The molecule has 0 radical (unpaired) electrons. The summed E-state index contributed by atoms with van der Waals surface area (Å²) in [6.45, 7) is 1.35. The minimum atomic E-state index is -3.18. The van der Waals surface area contributed by atoms with Crippen molar-refractivity contribution in [3.05, 3.63) is 35.4 Å². The number of carboxylic acid groups (broad SMARTS) is 1. The number of carboxylic acids is 1. The van der Waals surface area contributed by atoms with Crippen LogP contribution in [0.1, 0.15) is 22.8 Å². The second-order valence-electron chi connectivity index (χ2n) is 4.30. The van der Waals surface area contributed by atoms with E-state index >= 15 is 0 Å². The third kappa shape index (κ3) is 5.09. The van der Waals surface area contributed by atoms with Gasteiger partial charge in [-0.1, -0.05) is 12.1 Å². The smallest absolute Gasteiger partial charge is 0.325 e. The lowest BCUT2D eigenvalue weighted by Crippen LogP contribution is -2.38. The highest BCUT2D eigenvalue weighted by molar-refractivity contribution is 7.89. The second-order valence-corrected chi connectivity index (χ2v) is 6.44. The van der Waals surface area contributed by atoms with Gasteiger partial charge in [-0.2, -0.15) is 0 Å². The summed E-state index contributed by atoms with van der Waals surface area (Å²) in [4.78, 5) is 22.4. The van der Waals surface area contributed by atoms with Crippen molar-refractivity contribution in [1.82, 2.24) is 5.32 Å². The van der Waals surface area contributed by atoms with E-state index in [4.69, 9.17) is 5.11 Å². The molecule has 2 N–H and O–H groups in total. The molecule has 0 aliphatic heterocycles. The fourth-order valence-corrected chi connectivity index (χ4v) is 2.23. The number of carbonyl (C=O) groups is 2. The number of carbonyl (C=O) groups excluding carboxylic acids is 1. The molecule has 0 saturated heterocycles. The van der Waals surface area contributed by atoms with E-state index < -0.39 is 27.8 Å². The summed E-state index contributed by atoms with van der Waals surface area (Å²) in [5.41, 5.74) is 0.715. The Morgan fingerprint density at radius 3 is 2.53 bits per heavy atom. The Balaban J connectivity index is 2.87. The van der Waals surface area contributed by atoms with E-state index in [9.17, 15) is 18.0 Å². The van der Waals surface area contributed by atoms with Gasteiger partial charge >= 0.3 is 5.97 Å². The predicted octanol–water partition coefficient (Wildman–Crippen LogP) is 0.434. The summed E-state index contributed by atoms with van der Waals surface area (Å²) in [6, 6.07) is 5.08. The maximum atomic E-state index is 11.8. The Labute approximate surface area is 111 Å². The molecule has 1 atom stereocenters. The van der Waals surface area contributed by atoms with E-state index in [2.05, 4.69) is 5.32 Å². The Morgan fingerprint density at radius 2 is 2.00 bits per heavy atom. The first-order chi connectivity index (χ1) is 8.69. The minimum absolute atomic E-state index is 0.164. The standard InChI is InChI=1S/C12H15NO5S/c1-8(12(15)16)13-11(14)10-5-3-4-9(6-10)7-19(2,17)18/h3-6,8H,7H2,1-2H3,(H,13,14)(H,15,16). The number of hydrogen-bond acceptors (Lipinski definition) is 4. The van der Waals surface area contributed by atoms with Crippen LogP contribution in [0.4, 0.5) is 0 Å². The average molecular weight is 285 g/mol. The van der Waals surface area contributed by atoms with Gasteiger partial charge in [0.25, 0.3) is 5.91 Å². The Hall–Kier alpha value is -1.89. The molecule has 1 unspecified atom stereocenters. The number of nitrogens with one attached hydrogen (secondary N) is 1. The summed E-state index contributed by atoms with van der Waals surface area (Å²) >= 11 is 0. The zero-order valence-corrected chi connectivity index (χ0v) is 11.4. The largest absolute Gasteiger partial charge is 0.480 e. The summed E-state index contributed by atoms with van der Waals surface area (Å²) in [5.74, 6) is -1.85. The van der Waals surface area contributed by atoms with Crippen LogP contribution in [0.15, 0.2) is 24.3 Å². The first-order valence-corrected chi connectivity index (χ1v) is 7.55. The van der Waals surface area contributed by atoms with Crippen molar-refractivity contribution in [3.8, 4) is 0 Å². The van der Waals surface area contributed by atoms with Crippen molar-refractivity contribution >= 4 is 21.7 Å². The van der Waals surface area contributed by atoms with Gasteiger partial charge in [0.2, 0.25) is 0 Å². The highest BCUT2D eigenvalue weighted by atomic mass is 32.2. The zero-order valence-electron chi connectivity index (χ0n) is 10.6. The van der Waals surface area contributed by atoms with Gasteiger partial charge in [-0.05, 0) is 24.6 Å². The van der Waals surface area contributed by atoms with Gasteiger partial charge in [0.05, 0.1) is 5.75 Å². The fraction of sp³-hybridized carbons (Fsp3) is 0.333. The molecule has 0 aromatic heterocycles. The molecule has 6 nitrogen and oxygen atoms in total. The van der Waals surface area contributed by atoms with Crippen molar-refractivity contribution < 1.29 is 23.1 Å². The van der Waals surface area contributed by atoms with Crippen LogP contribution in [-0.4, -0.2) is 37.7 Å². The molecule has 7 heteroatoms. The van der Waals surface area contributed by atoms with Gasteiger partial charge in [0.1, 0.15) is 6.04 Å². The third-order valence-corrected chi connectivity index (χ3v) is 3.19. The lowest BCUT2D eigenvalue weighted by atomic mass is 10.1. The molecule has 0 bridgehead atoms. The lowest BCUT2D eigenvalue weighted by Gasteiger charge is -2.10. The summed E-state index contributed by atoms with van der Waals surface area (Å²) in [7, 11) is -3.18. The van der Waals surface area contributed by atoms with Gasteiger partial charge < -0.3 is 10.4 Å². The van der Waals surface area contributed by atoms with E-state index in [1.165, 1.54) is 19.1 Å². The minimum Gasteiger partial charge on any atom is -0.480 e. The van der Waals surface area contributed by atoms with Crippen molar-refractivity contribution in [2.45, 2.75) is 18.7 Å². The molecule has 1 rings (SSSR count). The quantitative estimate of drug-likeness (QED) is 0.817. The Kier molecular flexibility index (Phi) is 4.66. The molecule has 0 fully saturated rings. The molecule has 19 heavy (non-hydrogen) atoms. The first kappa shape index (κ1) is 15.2. The number of benzene rings is 1. The van der Waals surface area contributed by atoms with Gasteiger partial charge in [0.15, 0.2) is 9.84 Å². The topological polar surface area (TPSA) is 101 Å². The van der Waals surface area contributed by atoms with Crippen LogP contribution in [0.25, 0.3) is 0 Å². The number of sulfone groups is 1.